The zero-order valence-electron chi connectivity index (χ0n) is 6.84. The fourth-order valence-electron chi connectivity index (χ4n) is 1.77. The van der Waals surface area contributed by atoms with Crippen LogP contribution in [-0.2, 0) is 14.3 Å². The summed E-state index contributed by atoms with van der Waals surface area (Å²) < 4.78 is 10.7. The van der Waals surface area contributed by atoms with Gasteiger partial charge in [-0.05, 0) is 0 Å². The van der Waals surface area contributed by atoms with Crippen molar-refractivity contribution in [3.63, 3.8) is 0 Å². The standard InChI is InChI=1S/C8H8N2O3/c9-1-5-2-12-8-6(10-4-11)3-13-7(5)8/h5-8H,2-3H2/t5-,6-,7-,8-/m1/s1. The van der Waals surface area contributed by atoms with E-state index in [1.54, 1.807) is 0 Å². The maximum atomic E-state index is 10.0. The van der Waals surface area contributed by atoms with Gasteiger partial charge in [0.15, 0.2) is 0 Å². The molecule has 0 N–H and O–H groups in total. The van der Waals surface area contributed by atoms with Gasteiger partial charge in [0.1, 0.15) is 18.2 Å². The van der Waals surface area contributed by atoms with Crippen molar-refractivity contribution >= 4 is 6.08 Å². The molecule has 0 aromatic carbocycles. The van der Waals surface area contributed by atoms with Crippen LogP contribution in [-0.4, -0.2) is 37.5 Å². The first kappa shape index (κ1) is 8.39. The maximum absolute atomic E-state index is 10.0. The van der Waals surface area contributed by atoms with E-state index >= 15 is 0 Å². The van der Waals surface area contributed by atoms with E-state index in [-0.39, 0.29) is 24.2 Å². The summed E-state index contributed by atoms with van der Waals surface area (Å²) in [6, 6.07) is 1.83. The van der Waals surface area contributed by atoms with Crippen molar-refractivity contribution in [1.82, 2.24) is 0 Å². The molecule has 0 bridgehead atoms. The lowest BCUT2D eigenvalue weighted by molar-refractivity contribution is 0.0677. The second-order valence-corrected chi connectivity index (χ2v) is 3.12. The molecule has 4 atom stereocenters. The second-order valence-electron chi connectivity index (χ2n) is 3.12. The quantitative estimate of drug-likeness (QED) is 0.407. The van der Waals surface area contributed by atoms with Crippen LogP contribution in [0.2, 0.25) is 0 Å². The molecule has 0 radical (unpaired) electrons. The van der Waals surface area contributed by atoms with Crippen molar-refractivity contribution in [2.75, 3.05) is 13.2 Å². The van der Waals surface area contributed by atoms with E-state index in [2.05, 4.69) is 11.1 Å². The Morgan fingerprint density at radius 3 is 2.77 bits per heavy atom. The lowest BCUT2D eigenvalue weighted by Gasteiger charge is -2.09. The predicted molar refractivity (Wildman–Crippen MR) is 40.5 cm³/mol. The molecular weight excluding hydrogens is 172 g/mol. The summed E-state index contributed by atoms with van der Waals surface area (Å²) in [7, 11) is 0. The molecule has 2 fully saturated rings. The van der Waals surface area contributed by atoms with Crippen LogP contribution in [0.5, 0.6) is 0 Å². The summed E-state index contributed by atoms with van der Waals surface area (Å²) in [5.74, 6) is -0.225. The van der Waals surface area contributed by atoms with Gasteiger partial charge in [-0.1, -0.05) is 0 Å². The summed E-state index contributed by atoms with van der Waals surface area (Å²) in [6.45, 7) is 0.722. The highest BCUT2D eigenvalue weighted by molar-refractivity contribution is 5.34. The second kappa shape index (κ2) is 3.27. The highest BCUT2D eigenvalue weighted by atomic mass is 16.6. The fraction of sp³-hybridized carbons (Fsp3) is 0.750. The minimum absolute atomic E-state index is 0.216. The Morgan fingerprint density at radius 2 is 2.08 bits per heavy atom. The number of isocyanates is 1. The minimum Gasteiger partial charge on any atom is -0.372 e. The Morgan fingerprint density at radius 1 is 1.31 bits per heavy atom. The third-order valence-corrected chi connectivity index (χ3v) is 2.41. The summed E-state index contributed by atoms with van der Waals surface area (Å²) in [5.41, 5.74) is 0. The normalized spacial score (nSPS) is 42.1. The Hall–Kier alpha value is -1.21. The van der Waals surface area contributed by atoms with E-state index in [0.717, 1.165) is 0 Å². The number of fused-ring (bicyclic) bond motifs is 1. The zero-order valence-corrected chi connectivity index (χ0v) is 6.84. The van der Waals surface area contributed by atoms with Crippen molar-refractivity contribution in [3.8, 4) is 6.07 Å². The van der Waals surface area contributed by atoms with Crippen molar-refractivity contribution in [1.29, 1.82) is 5.26 Å². The summed E-state index contributed by atoms with van der Waals surface area (Å²) in [5, 5.41) is 8.71. The molecule has 0 aromatic heterocycles. The highest BCUT2D eigenvalue weighted by Crippen LogP contribution is 2.31. The van der Waals surface area contributed by atoms with Gasteiger partial charge in [0.25, 0.3) is 0 Å². The smallest absolute Gasteiger partial charge is 0.235 e. The first-order valence-electron chi connectivity index (χ1n) is 4.06. The molecule has 2 aliphatic heterocycles. The van der Waals surface area contributed by atoms with Gasteiger partial charge in [-0.2, -0.15) is 10.3 Å². The average molecular weight is 180 g/mol. The number of nitriles is 1. The Labute approximate surface area is 75.0 Å². The van der Waals surface area contributed by atoms with Gasteiger partial charge >= 0.3 is 0 Å². The number of hydrogen-bond donors (Lipinski definition) is 0. The Kier molecular flexibility index (Phi) is 2.11. The molecule has 0 aliphatic carbocycles. The number of hydrogen-bond acceptors (Lipinski definition) is 5. The van der Waals surface area contributed by atoms with Crippen molar-refractivity contribution in [3.05, 3.63) is 0 Å². The molecule has 2 aliphatic rings. The molecule has 0 amide bonds. The summed E-state index contributed by atoms with van der Waals surface area (Å²) in [6.07, 6.45) is 1.04. The van der Waals surface area contributed by atoms with Gasteiger partial charge < -0.3 is 9.47 Å². The highest BCUT2D eigenvalue weighted by Gasteiger charge is 2.47. The van der Waals surface area contributed by atoms with Crippen molar-refractivity contribution in [2.45, 2.75) is 18.2 Å². The van der Waals surface area contributed by atoms with Crippen LogP contribution >= 0.6 is 0 Å². The van der Waals surface area contributed by atoms with E-state index in [9.17, 15) is 4.79 Å². The van der Waals surface area contributed by atoms with Crippen LogP contribution in [0.4, 0.5) is 0 Å². The number of nitrogens with zero attached hydrogens (tertiary/aromatic N) is 2. The number of ether oxygens (including phenoxy) is 2. The first-order valence-corrected chi connectivity index (χ1v) is 4.06. The van der Waals surface area contributed by atoms with Gasteiger partial charge in [0.2, 0.25) is 6.08 Å². The molecule has 0 spiro atoms. The molecule has 0 aromatic rings. The number of carbonyl (C=O) groups excluding carboxylic acids is 1. The van der Waals surface area contributed by atoms with Crippen LogP contribution in [0, 0.1) is 17.2 Å². The van der Waals surface area contributed by atoms with Gasteiger partial charge in [0, 0.05) is 0 Å². The topological polar surface area (TPSA) is 71.7 Å². The average Bonchev–Trinajstić information content (AvgIpc) is 2.68. The number of rotatable bonds is 1. The van der Waals surface area contributed by atoms with Gasteiger partial charge in [0.05, 0.1) is 25.2 Å². The van der Waals surface area contributed by atoms with E-state index in [1.807, 2.05) is 0 Å². The van der Waals surface area contributed by atoms with Crippen LogP contribution in [0.15, 0.2) is 4.99 Å². The van der Waals surface area contributed by atoms with Crippen LogP contribution in [0.25, 0.3) is 0 Å². The lowest BCUT2D eigenvalue weighted by Crippen LogP contribution is -2.27. The predicted octanol–water partition coefficient (Wildman–Crippen LogP) is -0.372. The van der Waals surface area contributed by atoms with Crippen molar-refractivity contribution in [2.24, 2.45) is 10.9 Å². The molecule has 5 heteroatoms. The van der Waals surface area contributed by atoms with Gasteiger partial charge in [-0.25, -0.2) is 4.79 Å². The first-order chi connectivity index (χ1) is 6.36. The molecule has 68 valence electrons. The van der Waals surface area contributed by atoms with Crippen molar-refractivity contribution < 1.29 is 14.3 Å². The van der Waals surface area contributed by atoms with E-state index in [4.69, 9.17) is 14.7 Å². The Bertz CT molecular complexity index is 292. The minimum atomic E-state index is -0.277. The molecule has 2 heterocycles. The molecule has 2 saturated heterocycles. The van der Waals surface area contributed by atoms with E-state index < -0.39 is 0 Å². The SMILES string of the molecule is N#C[C@@H]1CO[C@H]2[C@@H]1OC[C@H]2N=C=O. The monoisotopic (exact) mass is 180 g/mol. The largest absolute Gasteiger partial charge is 0.372 e. The summed E-state index contributed by atoms with van der Waals surface area (Å²) in [4.78, 5) is 13.6. The summed E-state index contributed by atoms with van der Waals surface area (Å²) >= 11 is 0. The van der Waals surface area contributed by atoms with Crippen LogP contribution in [0.3, 0.4) is 0 Å². The molecule has 2 rings (SSSR count). The van der Waals surface area contributed by atoms with Crippen LogP contribution in [0.1, 0.15) is 0 Å². The van der Waals surface area contributed by atoms with Crippen LogP contribution < -0.4 is 0 Å². The lowest BCUT2D eigenvalue weighted by atomic mass is 10.0. The molecular formula is C8H8N2O3. The molecule has 5 nitrogen and oxygen atoms in total. The van der Waals surface area contributed by atoms with E-state index in [0.29, 0.717) is 13.2 Å². The Balaban J connectivity index is 2.12. The third-order valence-electron chi connectivity index (χ3n) is 2.41. The molecule has 13 heavy (non-hydrogen) atoms. The fourth-order valence-corrected chi connectivity index (χ4v) is 1.77. The zero-order chi connectivity index (χ0) is 9.26. The van der Waals surface area contributed by atoms with Gasteiger partial charge in [-0.3, -0.25) is 0 Å². The molecule has 0 unspecified atom stereocenters. The molecule has 0 saturated carbocycles. The number of aliphatic imine (C=N–C) groups is 1. The van der Waals surface area contributed by atoms with Gasteiger partial charge in [-0.15, -0.1) is 0 Å². The maximum Gasteiger partial charge on any atom is 0.235 e. The van der Waals surface area contributed by atoms with E-state index in [1.165, 1.54) is 6.08 Å². The third kappa shape index (κ3) is 1.25.